The van der Waals surface area contributed by atoms with Crippen LogP contribution in [0.4, 0.5) is 0 Å². The molecule has 2 unspecified atom stereocenters. The second-order valence-electron chi connectivity index (χ2n) is 5.88. The Labute approximate surface area is 127 Å². The largest absolute Gasteiger partial charge is 0.497 e. The summed E-state index contributed by atoms with van der Waals surface area (Å²) in [5.74, 6) is 0.777. The fourth-order valence-electron chi connectivity index (χ4n) is 2.91. The number of methoxy groups -OCH3 is 1. The number of rotatable bonds is 6. The first-order chi connectivity index (χ1) is 9.91. The molecule has 0 spiro atoms. The van der Waals surface area contributed by atoms with E-state index in [9.17, 15) is 8.42 Å². The minimum Gasteiger partial charge on any atom is -0.497 e. The SMILES string of the molecule is CCCNC1c2cc(OC)ccc2CC1S(=O)(=O)C(C)C. The second kappa shape index (κ2) is 6.36. The van der Waals surface area contributed by atoms with Gasteiger partial charge in [0.25, 0.3) is 0 Å². The topological polar surface area (TPSA) is 55.4 Å². The Morgan fingerprint density at radius 3 is 2.67 bits per heavy atom. The van der Waals surface area contributed by atoms with Crippen molar-refractivity contribution in [3.63, 3.8) is 0 Å². The molecule has 0 fully saturated rings. The molecular formula is C16H25NO3S. The zero-order chi connectivity index (χ0) is 15.6. The average Bonchev–Trinajstić information content (AvgIpc) is 2.83. The van der Waals surface area contributed by atoms with E-state index in [4.69, 9.17) is 4.74 Å². The predicted molar refractivity (Wildman–Crippen MR) is 85.6 cm³/mol. The first kappa shape index (κ1) is 16.3. The molecule has 1 aliphatic rings. The van der Waals surface area contributed by atoms with Gasteiger partial charge in [-0.1, -0.05) is 13.0 Å². The van der Waals surface area contributed by atoms with Crippen LogP contribution in [0.2, 0.25) is 0 Å². The Morgan fingerprint density at radius 1 is 1.38 bits per heavy atom. The Bertz CT molecular complexity index is 596. The van der Waals surface area contributed by atoms with Crippen LogP contribution in [0.15, 0.2) is 18.2 Å². The molecule has 0 aliphatic heterocycles. The summed E-state index contributed by atoms with van der Waals surface area (Å²) in [6.07, 6.45) is 1.56. The maximum Gasteiger partial charge on any atom is 0.157 e. The molecule has 0 heterocycles. The smallest absolute Gasteiger partial charge is 0.157 e. The lowest BCUT2D eigenvalue weighted by Gasteiger charge is -2.24. The van der Waals surface area contributed by atoms with Gasteiger partial charge >= 0.3 is 0 Å². The number of hydrogen-bond donors (Lipinski definition) is 1. The van der Waals surface area contributed by atoms with Crippen molar-refractivity contribution < 1.29 is 13.2 Å². The second-order valence-corrected chi connectivity index (χ2v) is 8.60. The highest BCUT2D eigenvalue weighted by Crippen LogP contribution is 2.38. The molecule has 1 aliphatic carbocycles. The van der Waals surface area contributed by atoms with Crippen LogP contribution < -0.4 is 10.1 Å². The lowest BCUT2D eigenvalue weighted by atomic mass is 10.1. The van der Waals surface area contributed by atoms with Crippen molar-refractivity contribution in [1.29, 1.82) is 0 Å². The lowest BCUT2D eigenvalue weighted by molar-refractivity contribution is 0.413. The van der Waals surface area contributed by atoms with Gasteiger partial charge in [0.15, 0.2) is 9.84 Å². The molecule has 0 saturated heterocycles. The van der Waals surface area contributed by atoms with E-state index < -0.39 is 9.84 Å². The lowest BCUT2D eigenvalue weighted by Crippen LogP contribution is -2.38. The van der Waals surface area contributed by atoms with E-state index in [1.807, 2.05) is 18.2 Å². The molecule has 1 aromatic carbocycles. The normalized spacial score (nSPS) is 21.6. The first-order valence-corrected chi connectivity index (χ1v) is 9.15. The molecular weight excluding hydrogens is 286 g/mol. The summed E-state index contributed by atoms with van der Waals surface area (Å²) in [6, 6.07) is 5.73. The molecule has 4 nitrogen and oxygen atoms in total. The highest BCUT2D eigenvalue weighted by Gasteiger charge is 2.41. The van der Waals surface area contributed by atoms with Gasteiger partial charge in [-0.15, -0.1) is 0 Å². The molecule has 0 bridgehead atoms. The number of nitrogens with one attached hydrogen (secondary N) is 1. The van der Waals surface area contributed by atoms with Crippen LogP contribution in [-0.4, -0.2) is 32.6 Å². The van der Waals surface area contributed by atoms with Crippen molar-refractivity contribution in [2.75, 3.05) is 13.7 Å². The molecule has 2 atom stereocenters. The van der Waals surface area contributed by atoms with Crippen LogP contribution in [-0.2, 0) is 16.3 Å². The van der Waals surface area contributed by atoms with Gasteiger partial charge in [-0.05, 0) is 56.5 Å². The molecule has 1 N–H and O–H groups in total. The number of hydrogen-bond acceptors (Lipinski definition) is 4. The summed E-state index contributed by atoms with van der Waals surface area (Å²) in [7, 11) is -1.51. The van der Waals surface area contributed by atoms with Gasteiger partial charge in [0.1, 0.15) is 5.75 Å². The van der Waals surface area contributed by atoms with Crippen LogP contribution in [0.1, 0.15) is 44.4 Å². The summed E-state index contributed by atoms with van der Waals surface area (Å²) < 4.78 is 30.6. The van der Waals surface area contributed by atoms with Crippen molar-refractivity contribution in [3.8, 4) is 5.75 Å². The maximum absolute atomic E-state index is 12.7. The van der Waals surface area contributed by atoms with E-state index in [2.05, 4.69) is 12.2 Å². The number of ether oxygens (including phenoxy) is 1. The highest BCUT2D eigenvalue weighted by molar-refractivity contribution is 7.92. The van der Waals surface area contributed by atoms with Crippen molar-refractivity contribution in [2.24, 2.45) is 0 Å². The number of benzene rings is 1. The van der Waals surface area contributed by atoms with Gasteiger partial charge in [0.2, 0.25) is 0 Å². The van der Waals surface area contributed by atoms with Crippen LogP contribution >= 0.6 is 0 Å². The summed E-state index contributed by atoms with van der Waals surface area (Å²) in [6.45, 7) is 6.41. The van der Waals surface area contributed by atoms with Crippen LogP contribution in [0.3, 0.4) is 0 Å². The molecule has 5 heteroatoms. The van der Waals surface area contributed by atoms with Crippen molar-refractivity contribution in [3.05, 3.63) is 29.3 Å². The van der Waals surface area contributed by atoms with Gasteiger partial charge in [-0.2, -0.15) is 0 Å². The van der Waals surface area contributed by atoms with Gasteiger partial charge in [-0.25, -0.2) is 8.42 Å². The first-order valence-electron chi connectivity index (χ1n) is 7.54. The van der Waals surface area contributed by atoms with E-state index in [1.54, 1.807) is 21.0 Å². The highest BCUT2D eigenvalue weighted by atomic mass is 32.2. The third kappa shape index (κ3) is 3.09. The average molecular weight is 311 g/mol. The quantitative estimate of drug-likeness (QED) is 0.877. The molecule has 118 valence electrons. The summed E-state index contributed by atoms with van der Waals surface area (Å²) in [5.41, 5.74) is 2.18. The van der Waals surface area contributed by atoms with E-state index >= 15 is 0 Å². The summed E-state index contributed by atoms with van der Waals surface area (Å²) in [4.78, 5) is 0. The molecule has 0 radical (unpaired) electrons. The third-order valence-electron chi connectivity index (χ3n) is 4.17. The molecule has 0 aromatic heterocycles. The number of fused-ring (bicyclic) bond motifs is 1. The van der Waals surface area contributed by atoms with Crippen LogP contribution in [0.5, 0.6) is 5.75 Å². The van der Waals surface area contributed by atoms with Gasteiger partial charge in [0.05, 0.1) is 17.6 Å². The minimum absolute atomic E-state index is 0.137. The van der Waals surface area contributed by atoms with Gasteiger partial charge < -0.3 is 10.1 Å². The summed E-state index contributed by atoms with van der Waals surface area (Å²) in [5, 5.41) is 2.68. The van der Waals surface area contributed by atoms with E-state index in [0.717, 1.165) is 29.8 Å². The van der Waals surface area contributed by atoms with Gasteiger partial charge in [-0.3, -0.25) is 0 Å². The fourth-order valence-corrected chi connectivity index (χ4v) is 4.64. The number of sulfone groups is 1. The fraction of sp³-hybridized carbons (Fsp3) is 0.625. The van der Waals surface area contributed by atoms with E-state index in [0.29, 0.717) is 6.42 Å². The molecule has 21 heavy (non-hydrogen) atoms. The monoisotopic (exact) mass is 311 g/mol. The molecule has 2 rings (SSSR count). The Balaban J connectivity index is 2.41. The van der Waals surface area contributed by atoms with Crippen molar-refractivity contribution in [1.82, 2.24) is 5.32 Å². The van der Waals surface area contributed by atoms with E-state index in [1.165, 1.54) is 0 Å². The van der Waals surface area contributed by atoms with Crippen molar-refractivity contribution >= 4 is 9.84 Å². The third-order valence-corrected chi connectivity index (χ3v) is 6.77. The predicted octanol–water partition coefficient (Wildman–Crippen LogP) is 2.48. The molecule has 0 saturated carbocycles. The van der Waals surface area contributed by atoms with E-state index in [-0.39, 0.29) is 16.5 Å². The molecule has 0 amide bonds. The Kier molecular flexibility index (Phi) is 4.94. The Hall–Kier alpha value is -1.07. The zero-order valence-corrected chi connectivity index (χ0v) is 14.0. The maximum atomic E-state index is 12.7. The molecule has 1 aromatic rings. The van der Waals surface area contributed by atoms with Gasteiger partial charge in [0, 0.05) is 6.04 Å². The van der Waals surface area contributed by atoms with Crippen LogP contribution in [0, 0.1) is 0 Å². The minimum atomic E-state index is -3.15. The van der Waals surface area contributed by atoms with Crippen LogP contribution in [0.25, 0.3) is 0 Å². The van der Waals surface area contributed by atoms with Crippen molar-refractivity contribution in [2.45, 2.75) is 50.2 Å². The Morgan fingerprint density at radius 2 is 2.10 bits per heavy atom. The summed E-state index contributed by atoms with van der Waals surface area (Å²) >= 11 is 0. The standard InChI is InChI=1S/C16H25NO3S/c1-5-8-17-16-14-10-13(20-4)7-6-12(14)9-15(16)21(18,19)11(2)3/h6-7,10-11,15-17H,5,8-9H2,1-4H3. The zero-order valence-electron chi connectivity index (χ0n) is 13.2.